The SMILES string of the molecule is CCN1C(=O)C(NC(=O)c2cccc(C(F)(F)F)c2)C(c2ccc(F)cc2)/C(=C(/N)CO)C1=Nc1ccccc1. The number of rotatable bonds is 6. The normalized spacial score (nSPS) is 20.0. The molecule has 0 aromatic heterocycles. The molecule has 208 valence electrons. The number of alkyl halides is 3. The van der Waals surface area contributed by atoms with Crippen LogP contribution in [-0.4, -0.2) is 46.8 Å². The highest BCUT2D eigenvalue weighted by Crippen LogP contribution is 2.38. The third kappa shape index (κ3) is 5.89. The van der Waals surface area contributed by atoms with Crippen LogP contribution in [0.25, 0.3) is 0 Å². The van der Waals surface area contributed by atoms with Gasteiger partial charge in [-0.1, -0.05) is 36.4 Å². The van der Waals surface area contributed by atoms with Gasteiger partial charge in [0.25, 0.3) is 11.8 Å². The van der Waals surface area contributed by atoms with Crippen LogP contribution in [0, 0.1) is 5.82 Å². The molecule has 3 aromatic carbocycles. The van der Waals surface area contributed by atoms with Gasteiger partial charge in [0.1, 0.15) is 17.7 Å². The van der Waals surface area contributed by atoms with Crippen LogP contribution in [0.5, 0.6) is 0 Å². The van der Waals surface area contributed by atoms with Crippen molar-refractivity contribution in [3.8, 4) is 0 Å². The molecular weight excluding hydrogens is 528 g/mol. The largest absolute Gasteiger partial charge is 0.416 e. The molecule has 0 aliphatic carbocycles. The number of piperidine rings is 1. The summed E-state index contributed by atoms with van der Waals surface area (Å²) in [5.41, 5.74) is 5.96. The summed E-state index contributed by atoms with van der Waals surface area (Å²) in [5, 5.41) is 12.6. The van der Waals surface area contributed by atoms with Gasteiger partial charge in [-0.25, -0.2) is 9.38 Å². The van der Waals surface area contributed by atoms with Gasteiger partial charge >= 0.3 is 6.18 Å². The number of aliphatic imine (C=N–C) groups is 1. The minimum Gasteiger partial charge on any atom is -0.400 e. The number of amides is 2. The Labute approximate surface area is 227 Å². The molecule has 3 aromatic rings. The Balaban J connectivity index is 1.88. The van der Waals surface area contributed by atoms with Crippen molar-refractivity contribution in [3.05, 3.63) is 113 Å². The van der Waals surface area contributed by atoms with Crippen molar-refractivity contribution in [2.24, 2.45) is 10.7 Å². The second kappa shape index (κ2) is 11.7. The lowest BCUT2D eigenvalue weighted by Crippen LogP contribution is -2.59. The van der Waals surface area contributed by atoms with Crippen LogP contribution >= 0.6 is 0 Å². The van der Waals surface area contributed by atoms with E-state index in [9.17, 15) is 32.3 Å². The first kappa shape index (κ1) is 28.5. The first-order valence-corrected chi connectivity index (χ1v) is 12.3. The molecule has 40 heavy (non-hydrogen) atoms. The molecule has 1 fully saturated rings. The fourth-order valence-electron chi connectivity index (χ4n) is 4.58. The van der Waals surface area contributed by atoms with Crippen LogP contribution in [0.15, 0.2) is 95.1 Å². The standard InChI is InChI=1S/C29H26F4N4O3/c1-2-37-26(35-21-9-4-3-5-10-21)24(22(34)16-38)23(17-11-13-20(30)14-12-17)25(28(37)40)36-27(39)18-7-6-8-19(15-18)29(31,32)33/h3-15,23,25,38H,2,16,34H2,1H3,(H,36,39)/b24-22-,35-26?. The number of likely N-dealkylation sites (N-methyl/N-ethyl adjacent to an activating group) is 1. The van der Waals surface area contributed by atoms with Gasteiger partial charge in [-0.05, 0) is 55.0 Å². The molecule has 1 aliphatic rings. The average Bonchev–Trinajstić information content (AvgIpc) is 2.94. The highest BCUT2D eigenvalue weighted by Gasteiger charge is 2.46. The van der Waals surface area contributed by atoms with E-state index in [-0.39, 0.29) is 29.2 Å². The van der Waals surface area contributed by atoms with Crippen LogP contribution in [0.3, 0.4) is 0 Å². The van der Waals surface area contributed by atoms with Gasteiger partial charge in [0, 0.05) is 29.3 Å². The number of benzene rings is 3. The van der Waals surface area contributed by atoms with Gasteiger partial charge < -0.3 is 16.2 Å². The number of nitrogens with one attached hydrogen (secondary N) is 1. The lowest BCUT2D eigenvalue weighted by Gasteiger charge is -2.41. The Morgan fingerprint density at radius 3 is 2.33 bits per heavy atom. The molecular formula is C29H26F4N4O3. The summed E-state index contributed by atoms with van der Waals surface area (Å²) in [6.45, 7) is 1.15. The van der Waals surface area contributed by atoms with E-state index in [1.807, 2.05) is 0 Å². The van der Waals surface area contributed by atoms with Gasteiger partial charge in [0.2, 0.25) is 0 Å². The van der Waals surface area contributed by atoms with E-state index >= 15 is 0 Å². The quantitative estimate of drug-likeness (QED) is 0.390. The summed E-state index contributed by atoms with van der Waals surface area (Å²) >= 11 is 0. The van der Waals surface area contributed by atoms with Gasteiger partial charge in [0.15, 0.2) is 0 Å². The molecule has 1 saturated heterocycles. The molecule has 2 atom stereocenters. The van der Waals surface area contributed by atoms with Crippen molar-refractivity contribution in [1.82, 2.24) is 10.2 Å². The lowest BCUT2D eigenvalue weighted by atomic mass is 9.78. The average molecular weight is 555 g/mol. The second-order valence-corrected chi connectivity index (χ2v) is 9.01. The molecule has 4 rings (SSSR count). The third-order valence-electron chi connectivity index (χ3n) is 6.46. The molecule has 0 radical (unpaired) electrons. The zero-order valence-corrected chi connectivity index (χ0v) is 21.3. The zero-order valence-electron chi connectivity index (χ0n) is 21.3. The molecule has 0 spiro atoms. The minimum absolute atomic E-state index is 0.0479. The number of hydrogen-bond donors (Lipinski definition) is 3. The molecule has 4 N–H and O–H groups in total. The number of aliphatic hydroxyl groups excluding tert-OH is 1. The van der Waals surface area contributed by atoms with Gasteiger partial charge in [-0.2, -0.15) is 13.2 Å². The molecule has 7 nitrogen and oxygen atoms in total. The number of aliphatic hydroxyl groups is 1. The maximum absolute atomic E-state index is 13.9. The second-order valence-electron chi connectivity index (χ2n) is 9.01. The smallest absolute Gasteiger partial charge is 0.400 e. The first-order chi connectivity index (χ1) is 19.0. The van der Waals surface area contributed by atoms with Gasteiger partial charge in [0.05, 0.1) is 17.9 Å². The molecule has 2 unspecified atom stereocenters. The Morgan fingerprint density at radius 1 is 1.05 bits per heavy atom. The van der Waals surface area contributed by atoms with E-state index in [4.69, 9.17) is 5.73 Å². The van der Waals surface area contributed by atoms with Crippen LogP contribution in [-0.2, 0) is 11.0 Å². The number of likely N-dealkylation sites (tertiary alicyclic amines) is 1. The van der Waals surface area contributed by atoms with E-state index in [2.05, 4.69) is 10.3 Å². The Hall–Kier alpha value is -4.51. The summed E-state index contributed by atoms with van der Waals surface area (Å²) < 4.78 is 53.7. The summed E-state index contributed by atoms with van der Waals surface area (Å²) in [6, 6.07) is 16.3. The number of carbonyl (C=O) groups excluding carboxylic acids is 2. The van der Waals surface area contributed by atoms with Crippen molar-refractivity contribution in [2.75, 3.05) is 13.2 Å². The summed E-state index contributed by atoms with van der Waals surface area (Å²) in [7, 11) is 0. The predicted octanol–water partition coefficient (Wildman–Crippen LogP) is 4.52. The highest BCUT2D eigenvalue weighted by molar-refractivity contribution is 6.15. The van der Waals surface area contributed by atoms with Crippen molar-refractivity contribution in [3.63, 3.8) is 0 Å². The summed E-state index contributed by atoms with van der Waals surface area (Å²) in [6.07, 6.45) is -4.68. The first-order valence-electron chi connectivity index (χ1n) is 12.3. The van der Waals surface area contributed by atoms with Crippen LogP contribution in [0.2, 0.25) is 0 Å². The number of para-hydroxylation sites is 1. The maximum Gasteiger partial charge on any atom is 0.416 e. The zero-order chi connectivity index (χ0) is 29.0. The van der Waals surface area contributed by atoms with Gasteiger partial charge in [-0.15, -0.1) is 0 Å². The van der Waals surface area contributed by atoms with Crippen molar-refractivity contribution in [2.45, 2.75) is 25.1 Å². The Kier molecular flexibility index (Phi) is 8.34. The lowest BCUT2D eigenvalue weighted by molar-refractivity contribution is -0.137. The predicted molar refractivity (Wildman–Crippen MR) is 141 cm³/mol. The minimum atomic E-state index is -4.68. The molecule has 1 aliphatic heterocycles. The molecule has 1 heterocycles. The van der Waals surface area contributed by atoms with Crippen LogP contribution < -0.4 is 11.1 Å². The number of nitrogens with zero attached hydrogens (tertiary/aromatic N) is 2. The van der Waals surface area contributed by atoms with E-state index in [1.54, 1.807) is 37.3 Å². The fraction of sp³-hybridized carbons (Fsp3) is 0.207. The van der Waals surface area contributed by atoms with E-state index < -0.39 is 47.9 Å². The van der Waals surface area contributed by atoms with Gasteiger partial charge in [-0.3, -0.25) is 14.5 Å². The fourth-order valence-corrected chi connectivity index (χ4v) is 4.58. The Bertz CT molecular complexity index is 1450. The van der Waals surface area contributed by atoms with E-state index in [1.165, 1.54) is 35.2 Å². The van der Waals surface area contributed by atoms with Crippen LogP contribution in [0.4, 0.5) is 23.2 Å². The maximum atomic E-state index is 13.9. The number of halogens is 4. The molecule has 0 bridgehead atoms. The summed E-state index contributed by atoms with van der Waals surface area (Å²) in [4.78, 5) is 33.1. The monoisotopic (exact) mass is 554 g/mol. The topological polar surface area (TPSA) is 108 Å². The molecule has 11 heteroatoms. The number of amidine groups is 1. The molecule has 0 saturated carbocycles. The Morgan fingerprint density at radius 2 is 1.73 bits per heavy atom. The van der Waals surface area contributed by atoms with Crippen molar-refractivity contribution < 1.29 is 32.3 Å². The number of hydrogen-bond acceptors (Lipinski definition) is 5. The van der Waals surface area contributed by atoms with Crippen molar-refractivity contribution >= 4 is 23.3 Å². The number of carbonyl (C=O) groups is 2. The highest BCUT2D eigenvalue weighted by atomic mass is 19.4. The van der Waals surface area contributed by atoms with Crippen molar-refractivity contribution in [1.29, 1.82) is 0 Å². The third-order valence-corrected chi connectivity index (χ3v) is 6.46. The molecule has 2 amide bonds. The van der Waals surface area contributed by atoms with E-state index in [0.29, 0.717) is 17.3 Å². The summed E-state index contributed by atoms with van der Waals surface area (Å²) in [5.74, 6) is -3.02. The van der Waals surface area contributed by atoms with E-state index in [0.717, 1.165) is 12.1 Å². The van der Waals surface area contributed by atoms with Crippen LogP contribution in [0.1, 0.15) is 34.3 Å². The number of nitrogens with two attached hydrogens (primary N) is 1.